The summed E-state index contributed by atoms with van der Waals surface area (Å²) >= 11 is 0. The molecule has 2 N–H and O–H groups in total. The van der Waals surface area contributed by atoms with Crippen LogP contribution >= 0.6 is 0 Å². The van der Waals surface area contributed by atoms with E-state index in [1.807, 2.05) is 0 Å². The maximum atomic E-state index is 14.5. The highest BCUT2D eigenvalue weighted by atomic mass is 32.2. The Kier molecular flexibility index (Phi) is 6.26. The van der Waals surface area contributed by atoms with Gasteiger partial charge < -0.3 is 10.4 Å². The van der Waals surface area contributed by atoms with Crippen LogP contribution in [0.4, 0.5) is 20.2 Å². The van der Waals surface area contributed by atoms with Gasteiger partial charge in [0.1, 0.15) is 23.5 Å². The zero-order valence-electron chi connectivity index (χ0n) is 17.4. The summed E-state index contributed by atoms with van der Waals surface area (Å²) in [5.41, 5.74) is -0.697. The molecule has 1 atom stereocenters. The number of halogens is 2. The van der Waals surface area contributed by atoms with Gasteiger partial charge in [-0.15, -0.1) is 0 Å². The Bertz CT molecular complexity index is 1480. The molecule has 0 amide bonds. The minimum atomic E-state index is -4.06. The van der Waals surface area contributed by atoms with Gasteiger partial charge >= 0.3 is 5.69 Å². The van der Waals surface area contributed by atoms with Crippen molar-refractivity contribution >= 4 is 32.4 Å². The number of nitro groups is 1. The summed E-state index contributed by atoms with van der Waals surface area (Å²) in [5.74, 6) is -1.70. The lowest BCUT2D eigenvalue weighted by atomic mass is 10.0. The van der Waals surface area contributed by atoms with Gasteiger partial charge in [-0.2, -0.15) is 0 Å². The van der Waals surface area contributed by atoms with E-state index < -0.39 is 44.9 Å². The number of pyridine rings is 1. The standard InChI is InChI=1S/C22H18F2N4O5S/c23-14-6-7-16(18(24)12-14)19(9-11-29)26-21-17-8-10-27(22(17)25-13-20(21)28(30)31)34(32,33)15-4-2-1-3-5-15/h1-8,10,12-13,19,29H,9,11H2,(H,25,26). The number of nitrogens with one attached hydrogen (secondary N) is 1. The van der Waals surface area contributed by atoms with Crippen LogP contribution in [0, 0.1) is 21.7 Å². The van der Waals surface area contributed by atoms with Crippen LogP contribution in [0.15, 0.2) is 71.9 Å². The lowest BCUT2D eigenvalue weighted by molar-refractivity contribution is -0.384. The second-order valence-corrected chi connectivity index (χ2v) is 9.13. The average Bonchev–Trinajstić information content (AvgIpc) is 3.25. The second-order valence-electron chi connectivity index (χ2n) is 7.32. The van der Waals surface area contributed by atoms with E-state index >= 15 is 0 Å². The fourth-order valence-electron chi connectivity index (χ4n) is 3.64. The zero-order valence-corrected chi connectivity index (χ0v) is 18.2. The summed E-state index contributed by atoms with van der Waals surface area (Å²) in [5, 5.41) is 24.1. The molecule has 0 saturated carbocycles. The monoisotopic (exact) mass is 488 g/mol. The van der Waals surface area contributed by atoms with Crippen molar-refractivity contribution in [2.24, 2.45) is 0 Å². The molecular weight excluding hydrogens is 470 g/mol. The molecule has 0 aliphatic heterocycles. The normalized spacial score (nSPS) is 12.6. The van der Waals surface area contributed by atoms with Gasteiger partial charge in [-0.3, -0.25) is 10.1 Å². The molecular formula is C22H18F2N4O5S. The molecule has 1 unspecified atom stereocenters. The number of fused-ring (bicyclic) bond motifs is 1. The predicted molar refractivity (Wildman–Crippen MR) is 120 cm³/mol. The quantitative estimate of drug-likeness (QED) is 0.283. The van der Waals surface area contributed by atoms with Gasteiger partial charge in [-0.25, -0.2) is 26.2 Å². The molecule has 4 rings (SSSR count). The van der Waals surface area contributed by atoms with E-state index in [1.54, 1.807) is 18.2 Å². The van der Waals surface area contributed by atoms with Crippen molar-refractivity contribution in [1.82, 2.24) is 8.96 Å². The molecule has 0 bridgehead atoms. The van der Waals surface area contributed by atoms with Gasteiger partial charge in [-0.1, -0.05) is 24.3 Å². The summed E-state index contributed by atoms with van der Waals surface area (Å²) in [7, 11) is -4.06. The van der Waals surface area contributed by atoms with Crippen molar-refractivity contribution in [3.05, 3.63) is 94.3 Å². The summed E-state index contributed by atoms with van der Waals surface area (Å²) in [6.07, 6.45) is 2.06. The summed E-state index contributed by atoms with van der Waals surface area (Å²) < 4.78 is 55.0. The van der Waals surface area contributed by atoms with Gasteiger partial charge in [0.2, 0.25) is 0 Å². The Balaban J connectivity index is 1.87. The van der Waals surface area contributed by atoms with Crippen LogP contribution in [0.1, 0.15) is 18.0 Å². The van der Waals surface area contributed by atoms with E-state index in [9.17, 15) is 32.4 Å². The minimum Gasteiger partial charge on any atom is -0.396 e. The summed E-state index contributed by atoms with van der Waals surface area (Å²) in [4.78, 5) is 15.0. The first-order chi connectivity index (χ1) is 16.2. The third-order valence-electron chi connectivity index (χ3n) is 5.23. The zero-order chi connectivity index (χ0) is 24.5. The molecule has 2 aromatic carbocycles. The van der Waals surface area contributed by atoms with Crippen molar-refractivity contribution in [1.29, 1.82) is 0 Å². The van der Waals surface area contributed by atoms with Crippen LogP contribution < -0.4 is 5.32 Å². The Labute approximate surface area is 192 Å². The Morgan fingerprint density at radius 3 is 2.53 bits per heavy atom. The van der Waals surface area contributed by atoms with Crippen LogP contribution in [-0.2, 0) is 10.0 Å². The van der Waals surface area contributed by atoms with Gasteiger partial charge in [0.15, 0.2) is 5.65 Å². The van der Waals surface area contributed by atoms with Gasteiger partial charge in [-0.05, 0) is 30.7 Å². The third kappa shape index (κ3) is 4.20. The number of aliphatic hydroxyl groups is 1. The fraction of sp³-hybridized carbons (Fsp3) is 0.136. The van der Waals surface area contributed by atoms with Crippen LogP contribution in [0.3, 0.4) is 0 Å². The Morgan fingerprint density at radius 2 is 1.88 bits per heavy atom. The van der Waals surface area contributed by atoms with Crippen molar-refractivity contribution in [2.45, 2.75) is 17.4 Å². The first-order valence-corrected chi connectivity index (χ1v) is 11.5. The average molecular weight is 488 g/mol. The molecule has 12 heteroatoms. The maximum Gasteiger partial charge on any atom is 0.311 e. The van der Waals surface area contributed by atoms with E-state index in [2.05, 4.69) is 10.3 Å². The highest BCUT2D eigenvalue weighted by Crippen LogP contribution is 2.37. The van der Waals surface area contributed by atoms with Crippen molar-refractivity contribution < 1.29 is 27.2 Å². The van der Waals surface area contributed by atoms with Crippen LogP contribution in [-0.4, -0.2) is 34.0 Å². The number of aromatic nitrogens is 2. The molecule has 0 spiro atoms. The second kappa shape index (κ2) is 9.15. The predicted octanol–water partition coefficient (Wildman–Crippen LogP) is 4.00. The van der Waals surface area contributed by atoms with Gasteiger partial charge in [0, 0.05) is 24.4 Å². The number of benzene rings is 2. The number of nitrogens with zero attached hydrogens (tertiary/aromatic N) is 3. The fourth-order valence-corrected chi connectivity index (χ4v) is 4.96. The van der Waals surface area contributed by atoms with E-state index in [-0.39, 0.29) is 33.6 Å². The highest BCUT2D eigenvalue weighted by molar-refractivity contribution is 7.90. The summed E-state index contributed by atoms with van der Waals surface area (Å²) in [6, 6.07) is 10.8. The number of anilines is 1. The van der Waals surface area contributed by atoms with Crippen molar-refractivity contribution in [2.75, 3.05) is 11.9 Å². The first-order valence-electron chi connectivity index (χ1n) is 10.0. The topological polar surface area (TPSA) is 127 Å². The maximum absolute atomic E-state index is 14.5. The SMILES string of the molecule is O=[N+]([O-])c1cnc2c(ccn2S(=O)(=O)c2ccccc2)c1NC(CCO)c1ccc(F)cc1F. The number of aliphatic hydroxyl groups excluding tert-OH is 1. The number of hydrogen-bond donors (Lipinski definition) is 2. The summed E-state index contributed by atoms with van der Waals surface area (Å²) in [6.45, 7) is -0.403. The Hall–Kier alpha value is -3.90. The van der Waals surface area contributed by atoms with Crippen LogP contribution in [0.5, 0.6) is 0 Å². The van der Waals surface area contributed by atoms with Crippen molar-refractivity contribution in [3.8, 4) is 0 Å². The largest absolute Gasteiger partial charge is 0.396 e. The van der Waals surface area contributed by atoms with E-state index in [4.69, 9.17) is 0 Å². The minimum absolute atomic E-state index is 0.00583. The molecule has 0 radical (unpaired) electrons. The van der Waals surface area contributed by atoms with Crippen LogP contribution in [0.25, 0.3) is 11.0 Å². The van der Waals surface area contributed by atoms with E-state index in [0.29, 0.717) is 6.07 Å². The molecule has 0 aliphatic rings. The van der Waals surface area contributed by atoms with E-state index in [0.717, 1.165) is 16.2 Å². The molecule has 9 nitrogen and oxygen atoms in total. The smallest absolute Gasteiger partial charge is 0.311 e. The van der Waals surface area contributed by atoms with Gasteiger partial charge in [0.05, 0.1) is 21.2 Å². The molecule has 34 heavy (non-hydrogen) atoms. The highest BCUT2D eigenvalue weighted by Gasteiger charge is 2.27. The molecule has 2 aromatic heterocycles. The first kappa shape index (κ1) is 23.3. The molecule has 0 saturated heterocycles. The molecule has 2 heterocycles. The van der Waals surface area contributed by atoms with E-state index in [1.165, 1.54) is 30.5 Å². The van der Waals surface area contributed by atoms with Crippen LogP contribution in [0.2, 0.25) is 0 Å². The lowest BCUT2D eigenvalue weighted by Crippen LogP contribution is -2.16. The Morgan fingerprint density at radius 1 is 1.15 bits per heavy atom. The lowest BCUT2D eigenvalue weighted by Gasteiger charge is -2.20. The number of hydrogen-bond acceptors (Lipinski definition) is 7. The number of rotatable bonds is 8. The molecule has 176 valence electrons. The molecule has 0 aliphatic carbocycles. The molecule has 4 aromatic rings. The van der Waals surface area contributed by atoms with Crippen molar-refractivity contribution in [3.63, 3.8) is 0 Å². The third-order valence-corrected chi connectivity index (χ3v) is 6.91. The molecule has 0 fully saturated rings. The van der Waals surface area contributed by atoms with Gasteiger partial charge in [0.25, 0.3) is 10.0 Å².